The number of benzene rings is 1. The number of hydrogen-bond acceptors (Lipinski definition) is 6. The maximum atomic E-state index is 12.3. The van der Waals surface area contributed by atoms with Crippen LogP contribution in [0.3, 0.4) is 0 Å². The average Bonchev–Trinajstić information content (AvgIpc) is 3.27. The third-order valence-corrected chi connectivity index (χ3v) is 3.95. The number of nitrogens with zero attached hydrogens (tertiary/aromatic N) is 5. The molecule has 3 rings (SSSR count). The van der Waals surface area contributed by atoms with Crippen molar-refractivity contribution in [2.45, 2.75) is 6.04 Å². The Kier molecular flexibility index (Phi) is 5.28. The third-order valence-electron chi connectivity index (χ3n) is 3.95. The van der Waals surface area contributed by atoms with Crippen LogP contribution < -0.4 is 10.6 Å². The molecular formula is C17H21N7O2. The Morgan fingerprint density at radius 1 is 1.31 bits per heavy atom. The van der Waals surface area contributed by atoms with Gasteiger partial charge in [-0.3, -0.25) is 4.90 Å². The fourth-order valence-corrected chi connectivity index (χ4v) is 2.59. The van der Waals surface area contributed by atoms with Crippen molar-refractivity contribution in [2.24, 2.45) is 7.05 Å². The molecule has 0 saturated carbocycles. The van der Waals surface area contributed by atoms with E-state index in [-0.39, 0.29) is 12.1 Å². The van der Waals surface area contributed by atoms with Crippen molar-refractivity contribution < 1.29 is 9.21 Å². The summed E-state index contributed by atoms with van der Waals surface area (Å²) in [5.41, 5.74) is 1.47. The van der Waals surface area contributed by atoms with E-state index < -0.39 is 0 Å². The van der Waals surface area contributed by atoms with Crippen LogP contribution in [0.25, 0.3) is 11.4 Å². The smallest absolute Gasteiger partial charge is 0.319 e. The van der Waals surface area contributed by atoms with Gasteiger partial charge >= 0.3 is 6.03 Å². The van der Waals surface area contributed by atoms with Gasteiger partial charge in [-0.05, 0) is 48.8 Å². The molecule has 0 aliphatic heterocycles. The summed E-state index contributed by atoms with van der Waals surface area (Å²) >= 11 is 0. The number of amides is 2. The maximum absolute atomic E-state index is 12.3. The minimum atomic E-state index is -0.295. The summed E-state index contributed by atoms with van der Waals surface area (Å²) in [5.74, 6) is 1.42. The number of hydrogen-bond donors (Lipinski definition) is 2. The number of likely N-dealkylation sites (N-methyl/N-ethyl adjacent to an activating group) is 1. The van der Waals surface area contributed by atoms with Crippen molar-refractivity contribution in [1.29, 1.82) is 0 Å². The lowest BCUT2D eigenvalue weighted by Crippen LogP contribution is -2.36. The monoisotopic (exact) mass is 355 g/mol. The molecule has 9 heteroatoms. The normalized spacial score (nSPS) is 12.2. The van der Waals surface area contributed by atoms with Gasteiger partial charge in [-0.25, -0.2) is 9.48 Å². The highest BCUT2D eigenvalue weighted by Crippen LogP contribution is 2.20. The topological polar surface area (TPSA) is 101 Å². The Hall–Kier alpha value is -3.20. The second-order valence-corrected chi connectivity index (χ2v) is 6.04. The van der Waals surface area contributed by atoms with Gasteiger partial charge in [0.2, 0.25) is 0 Å². The summed E-state index contributed by atoms with van der Waals surface area (Å²) in [6.07, 6.45) is 1.62. The lowest BCUT2D eigenvalue weighted by atomic mass is 10.2. The van der Waals surface area contributed by atoms with Crippen LogP contribution in [0.15, 0.2) is 47.1 Å². The van der Waals surface area contributed by atoms with Gasteiger partial charge in [0.15, 0.2) is 5.82 Å². The highest BCUT2D eigenvalue weighted by Gasteiger charge is 2.18. The van der Waals surface area contributed by atoms with Crippen LogP contribution in [-0.4, -0.2) is 51.8 Å². The molecular weight excluding hydrogens is 334 g/mol. The molecule has 2 aromatic heterocycles. The number of carbonyl (C=O) groups excluding carboxylic acids is 1. The summed E-state index contributed by atoms with van der Waals surface area (Å²) in [4.78, 5) is 14.2. The van der Waals surface area contributed by atoms with E-state index >= 15 is 0 Å². The summed E-state index contributed by atoms with van der Waals surface area (Å²) in [5, 5.41) is 17.1. The molecule has 3 aromatic rings. The zero-order chi connectivity index (χ0) is 18.5. The van der Waals surface area contributed by atoms with Crippen molar-refractivity contribution in [2.75, 3.05) is 26.0 Å². The lowest BCUT2D eigenvalue weighted by Gasteiger charge is -2.22. The molecule has 0 radical (unpaired) electrons. The van der Waals surface area contributed by atoms with E-state index in [1.54, 1.807) is 18.0 Å². The van der Waals surface area contributed by atoms with Crippen LogP contribution >= 0.6 is 0 Å². The van der Waals surface area contributed by atoms with Crippen LogP contribution in [0.4, 0.5) is 10.5 Å². The zero-order valence-corrected chi connectivity index (χ0v) is 14.9. The molecule has 2 N–H and O–H groups in total. The molecule has 1 atom stereocenters. The van der Waals surface area contributed by atoms with Gasteiger partial charge in [0.25, 0.3) is 0 Å². The van der Waals surface area contributed by atoms with Crippen molar-refractivity contribution in [3.63, 3.8) is 0 Å². The van der Waals surface area contributed by atoms with E-state index in [0.29, 0.717) is 18.1 Å². The Balaban J connectivity index is 1.62. The number of rotatable bonds is 6. The molecule has 0 bridgehead atoms. The predicted octanol–water partition coefficient (Wildman–Crippen LogP) is 1.89. The minimum Gasteiger partial charge on any atom is -0.468 e. The van der Waals surface area contributed by atoms with Crippen LogP contribution in [-0.2, 0) is 7.05 Å². The number of urea groups is 1. The standard InChI is InChI=1S/C17H21N7O2/c1-23(2)14(15-8-5-9-26-15)11-18-17(25)19-13-7-4-6-12(10-13)16-20-21-22-24(16)3/h4-10,14H,11H2,1-3H3,(H2,18,19,25). The van der Waals surface area contributed by atoms with Crippen molar-refractivity contribution in [1.82, 2.24) is 30.4 Å². The molecule has 9 nitrogen and oxygen atoms in total. The molecule has 2 heterocycles. The molecule has 136 valence electrons. The number of carbonyl (C=O) groups is 1. The first-order valence-corrected chi connectivity index (χ1v) is 8.12. The minimum absolute atomic E-state index is 0.0493. The number of aryl methyl sites for hydroxylation is 1. The number of anilines is 1. The van der Waals surface area contributed by atoms with Gasteiger partial charge in [-0.15, -0.1) is 5.10 Å². The highest BCUT2D eigenvalue weighted by molar-refractivity contribution is 5.89. The molecule has 26 heavy (non-hydrogen) atoms. The summed E-state index contributed by atoms with van der Waals surface area (Å²) < 4.78 is 7.01. The first kappa shape index (κ1) is 17.6. The Morgan fingerprint density at radius 3 is 2.81 bits per heavy atom. The molecule has 2 amide bonds. The van der Waals surface area contributed by atoms with E-state index in [1.807, 2.05) is 55.4 Å². The van der Waals surface area contributed by atoms with Gasteiger partial charge in [0.05, 0.1) is 12.3 Å². The quantitative estimate of drug-likeness (QED) is 0.700. The summed E-state index contributed by atoms with van der Waals surface area (Å²) in [7, 11) is 5.63. The predicted molar refractivity (Wildman–Crippen MR) is 96.4 cm³/mol. The molecule has 0 saturated heterocycles. The maximum Gasteiger partial charge on any atom is 0.319 e. The number of aromatic nitrogens is 4. The second kappa shape index (κ2) is 7.79. The van der Waals surface area contributed by atoms with Crippen molar-refractivity contribution >= 4 is 11.7 Å². The number of tetrazole rings is 1. The molecule has 0 aliphatic carbocycles. The Labute approximate surface area is 151 Å². The van der Waals surface area contributed by atoms with Crippen LogP contribution in [0.5, 0.6) is 0 Å². The Morgan fingerprint density at radius 2 is 2.15 bits per heavy atom. The first-order chi connectivity index (χ1) is 12.5. The fraction of sp³-hybridized carbons (Fsp3) is 0.294. The van der Waals surface area contributed by atoms with E-state index in [2.05, 4.69) is 26.2 Å². The lowest BCUT2D eigenvalue weighted by molar-refractivity contribution is 0.233. The third kappa shape index (κ3) is 4.06. The van der Waals surface area contributed by atoms with Gasteiger partial charge in [-0.2, -0.15) is 0 Å². The van der Waals surface area contributed by atoms with Gasteiger partial charge in [0.1, 0.15) is 5.76 Å². The summed E-state index contributed by atoms with van der Waals surface area (Å²) in [6.45, 7) is 0.416. The van der Waals surface area contributed by atoms with Crippen LogP contribution in [0, 0.1) is 0 Å². The molecule has 1 aromatic carbocycles. The number of nitrogens with one attached hydrogen (secondary N) is 2. The largest absolute Gasteiger partial charge is 0.468 e. The van der Waals surface area contributed by atoms with Gasteiger partial charge < -0.3 is 15.1 Å². The van der Waals surface area contributed by atoms with E-state index in [4.69, 9.17) is 4.42 Å². The molecule has 0 fully saturated rings. The van der Waals surface area contributed by atoms with Crippen LogP contribution in [0.1, 0.15) is 11.8 Å². The highest BCUT2D eigenvalue weighted by atomic mass is 16.3. The second-order valence-electron chi connectivity index (χ2n) is 6.04. The number of furan rings is 1. The van der Waals surface area contributed by atoms with E-state index in [1.165, 1.54) is 0 Å². The molecule has 1 unspecified atom stereocenters. The zero-order valence-electron chi connectivity index (χ0n) is 14.9. The van der Waals surface area contributed by atoms with Crippen LogP contribution in [0.2, 0.25) is 0 Å². The SMILES string of the molecule is CN(C)C(CNC(=O)Nc1cccc(-c2nnnn2C)c1)c1ccco1. The molecule has 0 aliphatic rings. The van der Waals surface area contributed by atoms with Gasteiger partial charge in [0, 0.05) is 24.8 Å². The molecule has 0 spiro atoms. The fourth-order valence-electron chi connectivity index (χ4n) is 2.59. The first-order valence-electron chi connectivity index (χ1n) is 8.12. The van der Waals surface area contributed by atoms with Crippen molar-refractivity contribution in [3.8, 4) is 11.4 Å². The summed E-state index contributed by atoms with van der Waals surface area (Å²) in [6, 6.07) is 10.7. The van der Waals surface area contributed by atoms with Gasteiger partial charge in [-0.1, -0.05) is 12.1 Å². The van der Waals surface area contributed by atoms with E-state index in [9.17, 15) is 4.79 Å². The van der Waals surface area contributed by atoms with Crippen molar-refractivity contribution in [3.05, 3.63) is 48.4 Å². The van der Waals surface area contributed by atoms with E-state index in [0.717, 1.165) is 11.3 Å². The Bertz CT molecular complexity index is 858. The average molecular weight is 355 g/mol.